The summed E-state index contributed by atoms with van der Waals surface area (Å²) in [6, 6.07) is 7.08. The summed E-state index contributed by atoms with van der Waals surface area (Å²) >= 11 is 0. The predicted molar refractivity (Wildman–Crippen MR) is 97.4 cm³/mol. The first-order chi connectivity index (χ1) is 13.5. The molecule has 0 saturated carbocycles. The summed E-state index contributed by atoms with van der Waals surface area (Å²) in [6.45, 7) is 1.21. The Labute approximate surface area is 159 Å². The third kappa shape index (κ3) is 2.69. The van der Waals surface area contributed by atoms with E-state index in [4.69, 9.17) is 9.47 Å². The van der Waals surface area contributed by atoms with Crippen LogP contribution in [0.25, 0.3) is 16.7 Å². The molecule has 1 aliphatic rings. The number of aliphatic hydroxyl groups excluding tert-OH is 3. The van der Waals surface area contributed by atoms with Crippen molar-refractivity contribution in [2.75, 3.05) is 13.7 Å². The quantitative estimate of drug-likeness (QED) is 0.546. The Balaban J connectivity index is 1.87. The van der Waals surface area contributed by atoms with Crippen molar-refractivity contribution >= 4 is 11.0 Å². The standard InChI is InChI=1S/C18H20N4O6/c1-9-20-16-10(17(26)21(9)11-5-3-4-6-12(11)27-2)7-19-22(16)18-15(25)14(24)13(8-23)28-18/h3-7,13-15,18,23-25H,8H2,1-2H3. The van der Waals surface area contributed by atoms with Gasteiger partial charge in [0.15, 0.2) is 11.9 Å². The monoisotopic (exact) mass is 388 g/mol. The second-order valence-corrected chi connectivity index (χ2v) is 6.53. The van der Waals surface area contributed by atoms with E-state index < -0.39 is 31.1 Å². The first-order valence-corrected chi connectivity index (χ1v) is 8.70. The number of aryl methyl sites for hydroxylation is 1. The number of rotatable bonds is 4. The van der Waals surface area contributed by atoms with E-state index in [-0.39, 0.29) is 16.6 Å². The maximum absolute atomic E-state index is 13.1. The Hall–Kier alpha value is -2.79. The molecule has 4 rings (SSSR count). The molecular formula is C18H20N4O6. The maximum atomic E-state index is 13.1. The number of benzene rings is 1. The minimum absolute atomic E-state index is 0.212. The van der Waals surface area contributed by atoms with E-state index in [1.54, 1.807) is 31.2 Å². The number of nitrogens with zero attached hydrogens (tertiary/aromatic N) is 4. The Morgan fingerprint density at radius 3 is 2.68 bits per heavy atom. The molecule has 0 radical (unpaired) electrons. The van der Waals surface area contributed by atoms with Crippen molar-refractivity contribution < 1.29 is 24.8 Å². The van der Waals surface area contributed by atoms with Gasteiger partial charge in [0.25, 0.3) is 5.56 Å². The highest BCUT2D eigenvalue weighted by atomic mass is 16.6. The van der Waals surface area contributed by atoms with Gasteiger partial charge in [0.05, 0.1) is 25.6 Å². The smallest absolute Gasteiger partial charge is 0.269 e. The molecule has 28 heavy (non-hydrogen) atoms. The molecule has 10 nitrogen and oxygen atoms in total. The fourth-order valence-corrected chi connectivity index (χ4v) is 3.46. The number of hydrogen-bond donors (Lipinski definition) is 3. The fourth-order valence-electron chi connectivity index (χ4n) is 3.46. The third-order valence-corrected chi connectivity index (χ3v) is 4.88. The van der Waals surface area contributed by atoms with Crippen molar-refractivity contribution in [3.8, 4) is 11.4 Å². The summed E-state index contributed by atoms with van der Waals surface area (Å²) in [7, 11) is 1.52. The van der Waals surface area contributed by atoms with Crippen molar-refractivity contribution in [1.29, 1.82) is 0 Å². The van der Waals surface area contributed by atoms with Crippen LogP contribution in [-0.4, -0.2) is 66.7 Å². The zero-order chi connectivity index (χ0) is 20.0. The highest BCUT2D eigenvalue weighted by Crippen LogP contribution is 2.31. The fraction of sp³-hybridized carbons (Fsp3) is 0.389. The molecule has 3 aromatic rings. The molecule has 4 unspecified atom stereocenters. The van der Waals surface area contributed by atoms with E-state index in [1.807, 2.05) is 0 Å². The molecule has 4 atom stereocenters. The van der Waals surface area contributed by atoms with Crippen LogP contribution in [0.4, 0.5) is 0 Å². The van der Waals surface area contributed by atoms with Gasteiger partial charge in [-0.1, -0.05) is 12.1 Å². The molecular weight excluding hydrogens is 368 g/mol. The summed E-state index contributed by atoms with van der Waals surface area (Å²) in [5.41, 5.74) is 0.399. The van der Waals surface area contributed by atoms with Gasteiger partial charge in [0.2, 0.25) is 0 Å². The van der Waals surface area contributed by atoms with Gasteiger partial charge >= 0.3 is 0 Å². The molecule has 0 spiro atoms. The molecule has 2 aromatic heterocycles. The second-order valence-electron chi connectivity index (χ2n) is 6.53. The van der Waals surface area contributed by atoms with Gasteiger partial charge in [-0.3, -0.25) is 9.36 Å². The van der Waals surface area contributed by atoms with E-state index >= 15 is 0 Å². The lowest BCUT2D eigenvalue weighted by Gasteiger charge is -2.17. The van der Waals surface area contributed by atoms with E-state index in [0.717, 1.165) is 0 Å². The largest absolute Gasteiger partial charge is 0.495 e. The molecule has 3 N–H and O–H groups in total. The maximum Gasteiger partial charge on any atom is 0.269 e. The van der Waals surface area contributed by atoms with Gasteiger partial charge in [-0.25, -0.2) is 9.67 Å². The molecule has 1 aromatic carbocycles. The van der Waals surface area contributed by atoms with Crippen molar-refractivity contribution in [3.05, 3.63) is 46.6 Å². The van der Waals surface area contributed by atoms with Crippen LogP contribution in [0.5, 0.6) is 5.75 Å². The van der Waals surface area contributed by atoms with Gasteiger partial charge in [-0.05, 0) is 19.1 Å². The number of para-hydroxylation sites is 2. The highest BCUT2D eigenvalue weighted by Gasteiger charge is 2.44. The first kappa shape index (κ1) is 18.6. The average Bonchev–Trinajstić information content (AvgIpc) is 3.23. The summed E-state index contributed by atoms with van der Waals surface area (Å²) < 4.78 is 13.5. The van der Waals surface area contributed by atoms with Crippen LogP contribution in [0, 0.1) is 6.92 Å². The summed E-state index contributed by atoms with van der Waals surface area (Å²) in [5.74, 6) is 0.903. The Bertz CT molecular complexity index is 1080. The summed E-state index contributed by atoms with van der Waals surface area (Å²) in [6.07, 6.45) is -3.28. The Kier molecular flexibility index (Phi) is 4.63. The molecule has 3 heterocycles. The van der Waals surface area contributed by atoms with Crippen LogP contribution < -0.4 is 10.3 Å². The SMILES string of the molecule is COc1ccccc1-n1c(C)nc2c(cnn2C2OC(CO)C(O)C2O)c1=O. The summed E-state index contributed by atoms with van der Waals surface area (Å²) in [4.78, 5) is 17.6. The van der Waals surface area contributed by atoms with Crippen LogP contribution in [-0.2, 0) is 4.74 Å². The van der Waals surface area contributed by atoms with E-state index in [9.17, 15) is 20.1 Å². The van der Waals surface area contributed by atoms with Crippen molar-refractivity contribution in [2.24, 2.45) is 0 Å². The molecule has 10 heteroatoms. The van der Waals surface area contributed by atoms with Crippen molar-refractivity contribution in [3.63, 3.8) is 0 Å². The first-order valence-electron chi connectivity index (χ1n) is 8.70. The minimum Gasteiger partial charge on any atom is -0.495 e. The summed E-state index contributed by atoms with van der Waals surface area (Å²) in [5, 5.41) is 33.9. The Morgan fingerprint density at radius 1 is 1.25 bits per heavy atom. The normalized spacial score (nSPS) is 24.8. The highest BCUT2D eigenvalue weighted by molar-refractivity contribution is 5.74. The Morgan fingerprint density at radius 2 is 2.00 bits per heavy atom. The molecule has 0 amide bonds. The van der Waals surface area contributed by atoms with Crippen LogP contribution >= 0.6 is 0 Å². The molecule has 0 aliphatic carbocycles. The van der Waals surface area contributed by atoms with Crippen molar-refractivity contribution in [2.45, 2.75) is 31.5 Å². The predicted octanol–water partition coefficient (Wildman–Crippen LogP) is -0.489. The lowest BCUT2D eigenvalue weighted by molar-refractivity contribution is -0.0566. The lowest BCUT2D eigenvalue weighted by Crippen LogP contribution is -2.33. The van der Waals surface area contributed by atoms with E-state index in [1.165, 1.54) is 22.6 Å². The number of aliphatic hydroxyl groups is 3. The number of hydrogen-bond acceptors (Lipinski definition) is 8. The van der Waals surface area contributed by atoms with E-state index in [2.05, 4.69) is 10.1 Å². The number of aromatic nitrogens is 4. The van der Waals surface area contributed by atoms with Crippen LogP contribution in [0.3, 0.4) is 0 Å². The third-order valence-electron chi connectivity index (χ3n) is 4.88. The van der Waals surface area contributed by atoms with Gasteiger partial charge < -0.3 is 24.8 Å². The number of fused-ring (bicyclic) bond motifs is 1. The number of ether oxygens (including phenoxy) is 2. The second kappa shape index (κ2) is 6.99. The van der Waals surface area contributed by atoms with Crippen LogP contribution in [0.1, 0.15) is 12.1 Å². The molecule has 0 bridgehead atoms. The zero-order valence-electron chi connectivity index (χ0n) is 15.3. The zero-order valence-corrected chi connectivity index (χ0v) is 15.3. The van der Waals surface area contributed by atoms with Crippen molar-refractivity contribution in [1.82, 2.24) is 19.3 Å². The number of methoxy groups -OCH3 is 1. The van der Waals surface area contributed by atoms with Gasteiger partial charge in [0.1, 0.15) is 35.3 Å². The minimum atomic E-state index is -1.32. The van der Waals surface area contributed by atoms with Gasteiger partial charge in [-0.2, -0.15) is 5.10 Å². The van der Waals surface area contributed by atoms with Crippen LogP contribution in [0.15, 0.2) is 35.3 Å². The van der Waals surface area contributed by atoms with Gasteiger partial charge in [0, 0.05) is 0 Å². The van der Waals surface area contributed by atoms with Gasteiger partial charge in [-0.15, -0.1) is 0 Å². The lowest BCUT2D eigenvalue weighted by atomic mass is 10.1. The molecule has 148 valence electrons. The van der Waals surface area contributed by atoms with Crippen LogP contribution in [0.2, 0.25) is 0 Å². The van der Waals surface area contributed by atoms with E-state index in [0.29, 0.717) is 17.3 Å². The molecule has 1 fully saturated rings. The topological polar surface area (TPSA) is 132 Å². The average molecular weight is 388 g/mol. The molecule has 1 saturated heterocycles. The molecule has 1 aliphatic heterocycles.